The molecule has 3 heterocycles. The van der Waals surface area contributed by atoms with E-state index in [1.165, 1.54) is 0 Å². The summed E-state index contributed by atoms with van der Waals surface area (Å²) in [6, 6.07) is 3.34. The Balaban J connectivity index is 1.64. The van der Waals surface area contributed by atoms with Gasteiger partial charge in [0, 0.05) is 61.8 Å². The van der Waals surface area contributed by atoms with Gasteiger partial charge in [0.1, 0.15) is 11.8 Å². The minimum Gasteiger partial charge on any atom is -0.481 e. The highest BCUT2D eigenvalue weighted by atomic mass is 16.5. The maximum atomic E-state index is 13.0. The molecule has 3 aliphatic rings. The van der Waals surface area contributed by atoms with Crippen LogP contribution in [0.5, 0.6) is 5.88 Å². The minimum absolute atomic E-state index is 0.0737. The number of nitrogens with zero attached hydrogens (tertiary/aromatic N) is 2. The molecule has 4 unspecified atom stereocenters. The van der Waals surface area contributed by atoms with Gasteiger partial charge in [-0.3, -0.25) is 9.79 Å². The number of rotatable bonds is 6. The van der Waals surface area contributed by atoms with Gasteiger partial charge in [0.15, 0.2) is 0 Å². The van der Waals surface area contributed by atoms with Gasteiger partial charge in [0.25, 0.3) is 5.91 Å². The molecular formula is C24H31N3O5. The molecule has 32 heavy (non-hydrogen) atoms. The summed E-state index contributed by atoms with van der Waals surface area (Å²) in [4.78, 5) is 22.1. The zero-order chi connectivity index (χ0) is 22.5. The quantitative estimate of drug-likeness (QED) is 0.656. The van der Waals surface area contributed by atoms with Crippen molar-refractivity contribution in [2.75, 3.05) is 27.4 Å². The standard InChI is InChI=1S/C24H31N3O5/c1-30-20-5-3-4-17-18(23(28)15-6-9-21(31-2)25-14-15)7-8-19(27-22(17)20)24(29)26-16-10-12-32-13-11-16/h6,8-9,14,16-17,20,22-23,28H,3-5,10-13H2,1-2H3,(H,26,29). The lowest BCUT2D eigenvalue weighted by Gasteiger charge is -2.36. The van der Waals surface area contributed by atoms with E-state index >= 15 is 0 Å². The number of aliphatic hydroxyl groups is 1. The van der Waals surface area contributed by atoms with Crippen LogP contribution in [0.2, 0.25) is 0 Å². The first-order valence-electron chi connectivity index (χ1n) is 11.2. The van der Waals surface area contributed by atoms with E-state index < -0.39 is 6.10 Å². The van der Waals surface area contributed by atoms with Crippen molar-refractivity contribution in [1.82, 2.24) is 10.3 Å². The lowest BCUT2D eigenvalue weighted by molar-refractivity contribution is -0.116. The second-order valence-electron chi connectivity index (χ2n) is 8.46. The summed E-state index contributed by atoms with van der Waals surface area (Å²) in [7, 11) is 3.23. The zero-order valence-electron chi connectivity index (χ0n) is 18.6. The van der Waals surface area contributed by atoms with Crippen LogP contribution >= 0.6 is 0 Å². The number of nitrogens with one attached hydrogen (secondary N) is 1. The van der Waals surface area contributed by atoms with Crippen LogP contribution in [0.4, 0.5) is 0 Å². The zero-order valence-corrected chi connectivity index (χ0v) is 18.6. The first-order valence-corrected chi connectivity index (χ1v) is 11.2. The van der Waals surface area contributed by atoms with Crippen molar-refractivity contribution in [1.29, 1.82) is 0 Å². The number of hydrogen-bond donors (Lipinski definition) is 2. The fourth-order valence-electron chi connectivity index (χ4n) is 4.73. The average Bonchev–Trinajstić information content (AvgIpc) is 3.04. The Labute approximate surface area is 188 Å². The predicted molar refractivity (Wildman–Crippen MR) is 119 cm³/mol. The molecule has 1 saturated heterocycles. The predicted octanol–water partition coefficient (Wildman–Crippen LogP) is 2.14. The summed E-state index contributed by atoms with van der Waals surface area (Å²) in [5.41, 5.74) is 4.91. The number of ether oxygens (including phenoxy) is 3. The van der Waals surface area contributed by atoms with Gasteiger partial charge < -0.3 is 24.6 Å². The number of methoxy groups -OCH3 is 2. The van der Waals surface area contributed by atoms with Crippen molar-refractivity contribution in [3.8, 4) is 5.88 Å². The summed E-state index contributed by atoms with van der Waals surface area (Å²) in [5, 5.41) is 14.3. The highest BCUT2D eigenvalue weighted by Crippen LogP contribution is 2.40. The molecule has 1 saturated carbocycles. The number of carbonyl (C=O) groups is 1. The third-order valence-corrected chi connectivity index (χ3v) is 6.53. The third kappa shape index (κ3) is 4.94. The number of aliphatic imine (C=N–C) groups is 1. The molecule has 1 aliphatic carbocycles. The second kappa shape index (κ2) is 10.4. The SMILES string of the molecule is COc1ccc(C(O)C2=C=CC(C(=O)NC3CCOCC3)=NC3C(OC)CCCC23)cn1. The van der Waals surface area contributed by atoms with E-state index in [-0.39, 0.29) is 30.0 Å². The van der Waals surface area contributed by atoms with Gasteiger partial charge in [-0.05, 0) is 31.7 Å². The molecule has 0 radical (unpaired) electrons. The molecule has 4 atom stereocenters. The Hall–Kier alpha value is -2.51. The summed E-state index contributed by atoms with van der Waals surface area (Å²) in [6.07, 6.45) is 6.44. The van der Waals surface area contributed by atoms with E-state index in [0.29, 0.717) is 35.9 Å². The Bertz CT molecular complexity index is 901. The summed E-state index contributed by atoms with van der Waals surface area (Å²) in [5.74, 6) is 0.192. The van der Waals surface area contributed by atoms with Crippen LogP contribution in [0, 0.1) is 5.92 Å². The maximum Gasteiger partial charge on any atom is 0.270 e. The highest BCUT2D eigenvalue weighted by molar-refractivity contribution is 6.43. The second-order valence-corrected chi connectivity index (χ2v) is 8.46. The van der Waals surface area contributed by atoms with Crippen molar-refractivity contribution >= 4 is 11.6 Å². The van der Waals surface area contributed by atoms with Gasteiger partial charge in [-0.1, -0.05) is 6.42 Å². The number of hydrogen-bond acceptors (Lipinski definition) is 7. The monoisotopic (exact) mass is 441 g/mol. The molecular weight excluding hydrogens is 410 g/mol. The van der Waals surface area contributed by atoms with Crippen molar-refractivity contribution in [2.24, 2.45) is 10.9 Å². The first kappa shape index (κ1) is 22.7. The van der Waals surface area contributed by atoms with Crippen molar-refractivity contribution < 1.29 is 24.1 Å². The molecule has 0 aromatic carbocycles. The lowest BCUT2D eigenvalue weighted by atomic mass is 9.76. The van der Waals surface area contributed by atoms with Crippen LogP contribution in [0.1, 0.15) is 43.8 Å². The normalized spacial score (nSPS) is 26.9. The third-order valence-electron chi connectivity index (χ3n) is 6.53. The topological polar surface area (TPSA) is 102 Å². The van der Waals surface area contributed by atoms with Gasteiger partial charge in [-0.2, -0.15) is 0 Å². The molecule has 8 heteroatoms. The Morgan fingerprint density at radius 1 is 1.25 bits per heavy atom. The van der Waals surface area contributed by atoms with Crippen LogP contribution in [-0.4, -0.2) is 67.3 Å². The van der Waals surface area contributed by atoms with E-state index in [1.807, 2.05) is 0 Å². The molecule has 0 spiro atoms. The number of carbonyl (C=O) groups excluding carboxylic acids is 1. The van der Waals surface area contributed by atoms with E-state index in [9.17, 15) is 9.90 Å². The van der Waals surface area contributed by atoms with Crippen LogP contribution in [0.3, 0.4) is 0 Å². The van der Waals surface area contributed by atoms with Gasteiger partial charge in [0.2, 0.25) is 5.88 Å². The molecule has 4 rings (SSSR count). The fraction of sp³-hybridized carbons (Fsp3) is 0.583. The Morgan fingerprint density at radius 3 is 2.75 bits per heavy atom. The van der Waals surface area contributed by atoms with E-state index in [2.05, 4.69) is 16.0 Å². The first-order chi connectivity index (χ1) is 15.6. The number of amides is 1. The summed E-state index contributed by atoms with van der Waals surface area (Å²) in [6.45, 7) is 1.30. The highest BCUT2D eigenvalue weighted by Gasteiger charge is 2.39. The molecule has 1 aromatic rings. The van der Waals surface area contributed by atoms with Crippen LogP contribution < -0.4 is 10.1 Å². The largest absolute Gasteiger partial charge is 0.481 e. The molecule has 0 bridgehead atoms. The maximum absolute atomic E-state index is 13.0. The Morgan fingerprint density at radius 2 is 2.06 bits per heavy atom. The van der Waals surface area contributed by atoms with E-state index in [4.69, 9.17) is 19.2 Å². The number of aliphatic hydroxyl groups excluding tert-OH is 1. The van der Waals surface area contributed by atoms with E-state index in [0.717, 1.165) is 32.1 Å². The molecule has 8 nitrogen and oxygen atoms in total. The number of fused-ring (bicyclic) bond motifs is 1. The Kier molecular flexibility index (Phi) is 7.37. The van der Waals surface area contributed by atoms with E-state index in [1.54, 1.807) is 38.6 Å². The summed E-state index contributed by atoms with van der Waals surface area (Å²) < 4.78 is 16.2. The minimum atomic E-state index is -0.902. The van der Waals surface area contributed by atoms with Gasteiger partial charge in [0.05, 0.1) is 19.3 Å². The fourth-order valence-corrected chi connectivity index (χ4v) is 4.73. The van der Waals surface area contributed by atoms with Gasteiger partial charge >= 0.3 is 0 Å². The molecule has 172 valence electrons. The van der Waals surface area contributed by atoms with Crippen LogP contribution in [0.15, 0.2) is 40.7 Å². The van der Waals surface area contributed by atoms with Gasteiger partial charge in [-0.15, -0.1) is 5.73 Å². The molecule has 2 N–H and O–H groups in total. The average molecular weight is 442 g/mol. The number of aromatic nitrogens is 1. The van der Waals surface area contributed by atoms with Gasteiger partial charge in [-0.25, -0.2) is 4.98 Å². The van der Waals surface area contributed by atoms with Crippen LogP contribution in [0.25, 0.3) is 0 Å². The lowest BCUT2D eigenvalue weighted by Crippen LogP contribution is -2.43. The van der Waals surface area contributed by atoms with Crippen molar-refractivity contribution in [3.63, 3.8) is 0 Å². The molecule has 2 fully saturated rings. The molecule has 1 amide bonds. The number of pyridine rings is 1. The molecule has 1 aromatic heterocycles. The van der Waals surface area contributed by atoms with Crippen molar-refractivity contribution in [2.45, 2.75) is 56.4 Å². The smallest absolute Gasteiger partial charge is 0.270 e. The summed E-state index contributed by atoms with van der Waals surface area (Å²) >= 11 is 0. The molecule has 2 aliphatic heterocycles. The van der Waals surface area contributed by atoms with Crippen molar-refractivity contribution in [3.05, 3.63) is 41.3 Å². The van der Waals surface area contributed by atoms with Crippen LogP contribution in [-0.2, 0) is 14.3 Å².